The van der Waals surface area contributed by atoms with E-state index in [1.807, 2.05) is 0 Å². The van der Waals surface area contributed by atoms with Gasteiger partial charge in [-0.15, -0.1) is 5.10 Å². The molecule has 0 saturated carbocycles. The molecule has 0 atom stereocenters. The van der Waals surface area contributed by atoms with E-state index in [4.69, 9.17) is 8.94 Å². The number of carbonyl (C=O) groups is 1. The maximum absolute atomic E-state index is 12.3. The van der Waals surface area contributed by atoms with Crippen LogP contribution in [0.5, 0.6) is 0 Å². The summed E-state index contributed by atoms with van der Waals surface area (Å²) in [4.78, 5) is 14.6. The molecule has 0 spiro atoms. The molecule has 1 aliphatic heterocycles. The quantitative estimate of drug-likeness (QED) is 0.612. The van der Waals surface area contributed by atoms with Gasteiger partial charge in [-0.05, 0) is 12.1 Å². The molecule has 4 rings (SSSR count). The molecule has 0 radical (unpaired) electrons. The molecule has 1 amide bonds. The second kappa shape index (κ2) is 8.14. The number of nitrogens with zero attached hydrogens (tertiary/aromatic N) is 5. The predicted molar refractivity (Wildman–Crippen MR) is 94.7 cm³/mol. The van der Waals surface area contributed by atoms with E-state index >= 15 is 0 Å². The second-order valence-electron chi connectivity index (χ2n) is 6.30. The number of rotatable bonds is 7. The zero-order valence-corrected chi connectivity index (χ0v) is 14.8. The van der Waals surface area contributed by atoms with E-state index in [1.165, 1.54) is 0 Å². The molecule has 4 heterocycles. The van der Waals surface area contributed by atoms with Crippen molar-refractivity contribution in [1.82, 2.24) is 35.7 Å². The third-order valence-electron chi connectivity index (χ3n) is 4.38. The zero-order valence-electron chi connectivity index (χ0n) is 14.8. The standard InChI is InChI=1S/C17H21N7O3/c25-17(19-11-13-10-16(27-21-13)15-2-1-9-26-15)14-12-24(22-20-14)8-7-23-5-3-18-4-6-23/h1-2,9-10,12,18H,3-8,11H2,(H,19,25). The highest BCUT2D eigenvalue weighted by molar-refractivity contribution is 5.91. The van der Waals surface area contributed by atoms with Crippen molar-refractivity contribution in [1.29, 1.82) is 0 Å². The fourth-order valence-electron chi connectivity index (χ4n) is 2.88. The minimum absolute atomic E-state index is 0.233. The molecule has 2 N–H and O–H groups in total. The zero-order chi connectivity index (χ0) is 18.5. The molecule has 1 fully saturated rings. The average molecular weight is 371 g/mol. The lowest BCUT2D eigenvalue weighted by Crippen LogP contribution is -2.44. The lowest BCUT2D eigenvalue weighted by molar-refractivity contribution is 0.0945. The van der Waals surface area contributed by atoms with E-state index in [0.29, 0.717) is 23.8 Å². The molecule has 3 aromatic heterocycles. The first-order chi connectivity index (χ1) is 13.3. The molecule has 10 heteroatoms. The molecule has 0 aromatic carbocycles. The summed E-state index contributed by atoms with van der Waals surface area (Å²) in [6, 6.07) is 5.27. The molecule has 142 valence electrons. The summed E-state index contributed by atoms with van der Waals surface area (Å²) < 4.78 is 12.1. The van der Waals surface area contributed by atoms with Gasteiger partial charge in [-0.1, -0.05) is 10.4 Å². The highest BCUT2D eigenvalue weighted by Crippen LogP contribution is 2.20. The Hall–Kier alpha value is -2.98. The highest BCUT2D eigenvalue weighted by atomic mass is 16.5. The summed E-state index contributed by atoms with van der Waals surface area (Å²) in [6.07, 6.45) is 3.22. The topological polar surface area (TPSA) is 114 Å². The van der Waals surface area contributed by atoms with E-state index in [2.05, 4.69) is 31.0 Å². The normalized spacial score (nSPS) is 15.1. The Morgan fingerprint density at radius 2 is 2.15 bits per heavy atom. The van der Waals surface area contributed by atoms with Crippen molar-refractivity contribution < 1.29 is 13.7 Å². The van der Waals surface area contributed by atoms with Gasteiger partial charge in [-0.3, -0.25) is 14.4 Å². The Bertz CT molecular complexity index is 865. The van der Waals surface area contributed by atoms with Gasteiger partial charge < -0.3 is 19.6 Å². The summed E-state index contributed by atoms with van der Waals surface area (Å²) in [5, 5.41) is 18.0. The molecule has 0 aliphatic carbocycles. The van der Waals surface area contributed by atoms with E-state index < -0.39 is 0 Å². The van der Waals surface area contributed by atoms with Gasteiger partial charge >= 0.3 is 0 Å². The summed E-state index contributed by atoms with van der Waals surface area (Å²) in [5.41, 5.74) is 0.880. The predicted octanol–water partition coefficient (Wildman–Crippen LogP) is 0.361. The van der Waals surface area contributed by atoms with Crippen molar-refractivity contribution in [3.63, 3.8) is 0 Å². The number of furan rings is 1. The molecular weight excluding hydrogens is 350 g/mol. The van der Waals surface area contributed by atoms with Crippen LogP contribution in [0.2, 0.25) is 0 Å². The van der Waals surface area contributed by atoms with Crippen molar-refractivity contribution in [2.24, 2.45) is 0 Å². The fraction of sp³-hybridized carbons (Fsp3) is 0.412. The van der Waals surface area contributed by atoms with E-state index in [9.17, 15) is 4.79 Å². The minimum Gasteiger partial charge on any atom is -0.461 e. The van der Waals surface area contributed by atoms with Crippen LogP contribution in [0.1, 0.15) is 16.2 Å². The average Bonchev–Trinajstić information content (AvgIpc) is 3.46. The Kier molecular flexibility index (Phi) is 5.26. The maximum Gasteiger partial charge on any atom is 0.273 e. The van der Waals surface area contributed by atoms with Crippen LogP contribution < -0.4 is 10.6 Å². The summed E-state index contributed by atoms with van der Waals surface area (Å²) in [7, 11) is 0. The number of nitrogens with one attached hydrogen (secondary N) is 2. The Morgan fingerprint density at radius 3 is 2.96 bits per heavy atom. The monoisotopic (exact) mass is 371 g/mol. The first kappa shape index (κ1) is 17.4. The van der Waals surface area contributed by atoms with Gasteiger partial charge in [0.2, 0.25) is 5.76 Å². The third kappa shape index (κ3) is 4.41. The molecule has 0 bridgehead atoms. The van der Waals surface area contributed by atoms with E-state index in [1.54, 1.807) is 35.3 Å². The number of carbonyl (C=O) groups excluding carboxylic acids is 1. The lowest BCUT2D eigenvalue weighted by atomic mass is 10.3. The van der Waals surface area contributed by atoms with Gasteiger partial charge in [0, 0.05) is 38.8 Å². The molecule has 27 heavy (non-hydrogen) atoms. The molecule has 10 nitrogen and oxygen atoms in total. The van der Waals surface area contributed by atoms with Gasteiger partial charge in [0.15, 0.2) is 11.5 Å². The largest absolute Gasteiger partial charge is 0.461 e. The lowest BCUT2D eigenvalue weighted by Gasteiger charge is -2.26. The van der Waals surface area contributed by atoms with Crippen molar-refractivity contribution >= 4 is 5.91 Å². The number of hydrogen-bond donors (Lipinski definition) is 2. The number of hydrogen-bond acceptors (Lipinski definition) is 8. The first-order valence-corrected chi connectivity index (χ1v) is 8.89. The van der Waals surface area contributed by atoms with Crippen LogP contribution in [0.3, 0.4) is 0 Å². The minimum atomic E-state index is -0.300. The Balaban J connectivity index is 1.26. The molecular formula is C17H21N7O3. The van der Waals surface area contributed by atoms with E-state index in [0.717, 1.165) is 32.7 Å². The molecule has 3 aromatic rings. The van der Waals surface area contributed by atoms with E-state index in [-0.39, 0.29) is 18.1 Å². The number of piperazine rings is 1. The van der Waals surface area contributed by atoms with Crippen molar-refractivity contribution in [2.75, 3.05) is 32.7 Å². The summed E-state index contributed by atoms with van der Waals surface area (Å²) >= 11 is 0. The summed E-state index contributed by atoms with van der Waals surface area (Å²) in [5.74, 6) is 0.807. The fourth-order valence-corrected chi connectivity index (χ4v) is 2.88. The van der Waals surface area contributed by atoms with Crippen molar-refractivity contribution in [3.05, 3.63) is 42.0 Å². The molecule has 1 saturated heterocycles. The van der Waals surface area contributed by atoms with Crippen LogP contribution in [0, 0.1) is 0 Å². The van der Waals surface area contributed by atoms with Gasteiger partial charge in [-0.25, -0.2) is 0 Å². The van der Waals surface area contributed by atoms with Crippen LogP contribution >= 0.6 is 0 Å². The van der Waals surface area contributed by atoms with Crippen LogP contribution in [-0.4, -0.2) is 63.7 Å². The third-order valence-corrected chi connectivity index (χ3v) is 4.38. The summed E-state index contributed by atoms with van der Waals surface area (Å²) in [6.45, 7) is 5.90. The number of aromatic nitrogens is 4. The van der Waals surface area contributed by atoms with Crippen LogP contribution in [0.4, 0.5) is 0 Å². The molecule has 1 aliphatic rings. The van der Waals surface area contributed by atoms with Gasteiger partial charge in [-0.2, -0.15) is 0 Å². The molecule has 0 unspecified atom stereocenters. The SMILES string of the molecule is O=C(NCc1cc(-c2ccco2)on1)c1cn(CCN2CCNCC2)nn1. The number of amides is 1. The smallest absolute Gasteiger partial charge is 0.273 e. The van der Waals surface area contributed by atoms with Crippen molar-refractivity contribution in [2.45, 2.75) is 13.1 Å². The maximum atomic E-state index is 12.3. The second-order valence-corrected chi connectivity index (χ2v) is 6.30. The van der Waals surface area contributed by atoms with Gasteiger partial charge in [0.25, 0.3) is 5.91 Å². The Morgan fingerprint density at radius 1 is 1.26 bits per heavy atom. The van der Waals surface area contributed by atoms with Crippen LogP contribution in [-0.2, 0) is 13.1 Å². The van der Waals surface area contributed by atoms with Crippen LogP contribution in [0.15, 0.2) is 39.6 Å². The van der Waals surface area contributed by atoms with Crippen LogP contribution in [0.25, 0.3) is 11.5 Å². The van der Waals surface area contributed by atoms with Gasteiger partial charge in [0.1, 0.15) is 5.69 Å². The first-order valence-electron chi connectivity index (χ1n) is 8.89. The Labute approximate surface area is 155 Å². The van der Waals surface area contributed by atoms with Crippen molar-refractivity contribution in [3.8, 4) is 11.5 Å². The highest BCUT2D eigenvalue weighted by Gasteiger charge is 2.14. The van der Waals surface area contributed by atoms with Gasteiger partial charge in [0.05, 0.1) is 25.5 Å².